The number of ether oxygens (including phenoxy) is 1. The zero-order chi connectivity index (χ0) is 19.8. The zero-order valence-corrected chi connectivity index (χ0v) is 15.9. The van der Waals surface area contributed by atoms with Crippen molar-refractivity contribution in [1.82, 2.24) is 5.32 Å². The van der Waals surface area contributed by atoms with Crippen molar-refractivity contribution in [2.75, 3.05) is 6.61 Å². The number of hydrogen-bond donors (Lipinski definition) is 1. The molecule has 0 aliphatic rings. The maximum atomic E-state index is 12.0. The van der Waals surface area contributed by atoms with Crippen LogP contribution >= 0.6 is 0 Å². The summed E-state index contributed by atoms with van der Waals surface area (Å²) in [6, 6.07) is 14.0. The van der Waals surface area contributed by atoms with Gasteiger partial charge in [-0.3, -0.25) is 9.59 Å². The van der Waals surface area contributed by atoms with Crippen LogP contribution in [0.15, 0.2) is 48.5 Å². The lowest BCUT2D eigenvalue weighted by atomic mass is 10.00. The number of nitrogens with one attached hydrogen (secondary N) is 1. The number of amides is 1. The van der Waals surface area contributed by atoms with Crippen molar-refractivity contribution in [3.8, 4) is 0 Å². The molecule has 5 nitrogen and oxygen atoms in total. The molecule has 0 saturated heterocycles. The predicted molar refractivity (Wildman–Crippen MR) is 104 cm³/mol. The van der Waals surface area contributed by atoms with Gasteiger partial charge in [0.1, 0.15) is 6.29 Å². The van der Waals surface area contributed by atoms with Crippen LogP contribution in [0.5, 0.6) is 0 Å². The van der Waals surface area contributed by atoms with E-state index in [2.05, 4.69) is 31.3 Å². The number of benzene rings is 2. The third-order valence-corrected chi connectivity index (χ3v) is 4.12. The average Bonchev–Trinajstić information content (AvgIpc) is 2.66. The Morgan fingerprint density at radius 3 is 2.19 bits per heavy atom. The van der Waals surface area contributed by atoms with Gasteiger partial charge in [0, 0.05) is 5.56 Å². The van der Waals surface area contributed by atoms with Crippen LogP contribution in [0.4, 0.5) is 0 Å². The van der Waals surface area contributed by atoms with Crippen LogP contribution in [0.1, 0.15) is 58.7 Å². The van der Waals surface area contributed by atoms with E-state index < -0.39 is 5.97 Å². The van der Waals surface area contributed by atoms with Crippen molar-refractivity contribution in [2.45, 2.75) is 33.2 Å². The Bertz CT molecular complexity index is 779. The van der Waals surface area contributed by atoms with Crippen LogP contribution in [-0.4, -0.2) is 24.8 Å². The van der Waals surface area contributed by atoms with Crippen molar-refractivity contribution in [1.29, 1.82) is 0 Å². The highest BCUT2D eigenvalue weighted by atomic mass is 16.5. The Morgan fingerprint density at radius 2 is 1.63 bits per heavy atom. The fourth-order valence-corrected chi connectivity index (χ4v) is 2.69. The second kappa shape index (κ2) is 9.67. The van der Waals surface area contributed by atoms with E-state index >= 15 is 0 Å². The summed E-state index contributed by atoms with van der Waals surface area (Å²) in [5, 5.41) is 2.82. The Morgan fingerprint density at radius 1 is 1.00 bits per heavy atom. The van der Waals surface area contributed by atoms with E-state index in [0.717, 1.165) is 12.0 Å². The molecule has 2 aromatic rings. The topological polar surface area (TPSA) is 72.5 Å². The molecule has 1 atom stereocenters. The molecule has 1 N–H and O–H groups in total. The third-order valence-electron chi connectivity index (χ3n) is 4.12. The molecule has 0 aliphatic heterocycles. The van der Waals surface area contributed by atoms with Crippen molar-refractivity contribution in [2.24, 2.45) is 5.92 Å². The zero-order valence-electron chi connectivity index (χ0n) is 15.9. The molecule has 0 saturated carbocycles. The van der Waals surface area contributed by atoms with Gasteiger partial charge >= 0.3 is 5.97 Å². The quantitative estimate of drug-likeness (QED) is 0.570. The summed E-state index contributed by atoms with van der Waals surface area (Å²) >= 11 is 0. The molecule has 0 heterocycles. The largest absolute Gasteiger partial charge is 0.452 e. The van der Waals surface area contributed by atoms with Gasteiger partial charge in [0.2, 0.25) is 0 Å². The highest BCUT2D eigenvalue weighted by Crippen LogP contribution is 2.15. The van der Waals surface area contributed by atoms with Crippen LogP contribution in [0, 0.1) is 5.92 Å². The molecule has 0 fully saturated rings. The van der Waals surface area contributed by atoms with E-state index in [9.17, 15) is 14.4 Å². The van der Waals surface area contributed by atoms with Crippen molar-refractivity contribution >= 4 is 18.2 Å². The summed E-state index contributed by atoms with van der Waals surface area (Å²) in [6.45, 7) is 5.88. The molecule has 1 amide bonds. The third kappa shape index (κ3) is 6.37. The molecule has 5 heteroatoms. The minimum atomic E-state index is -0.603. The first kappa shape index (κ1) is 20.4. The molecule has 0 unspecified atom stereocenters. The van der Waals surface area contributed by atoms with E-state index in [1.807, 2.05) is 19.1 Å². The normalized spacial score (nSPS) is 11.7. The Hall–Kier alpha value is -2.95. The number of rotatable bonds is 8. The van der Waals surface area contributed by atoms with Crippen molar-refractivity contribution < 1.29 is 19.1 Å². The van der Waals surface area contributed by atoms with E-state index in [4.69, 9.17) is 4.74 Å². The first-order valence-corrected chi connectivity index (χ1v) is 8.99. The summed E-state index contributed by atoms with van der Waals surface area (Å²) < 4.78 is 5.02. The second-order valence-electron chi connectivity index (χ2n) is 6.94. The number of carbonyl (C=O) groups is 3. The molecular weight excluding hydrogens is 342 g/mol. The molecule has 142 valence electrons. The van der Waals surface area contributed by atoms with Gasteiger partial charge in [-0.05, 0) is 42.5 Å². The summed E-state index contributed by atoms with van der Waals surface area (Å²) in [4.78, 5) is 34.6. The Labute approximate surface area is 159 Å². The van der Waals surface area contributed by atoms with E-state index in [1.165, 1.54) is 29.8 Å². The lowest BCUT2D eigenvalue weighted by molar-refractivity contribution is -0.124. The molecule has 2 aromatic carbocycles. The molecule has 27 heavy (non-hydrogen) atoms. The highest BCUT2D eigenvalue weighted by Gasteiger charge is 2.13. The minimum absolute atomic E-state index is 0.184. The van der Waals surface area contributed by atoms with Gasteiger partial charge in [-0.25, -0.2) is 4.79 Å². The molecule has 0 aromatic heterocycles. The van der Waals surface area contributed by atoms with Crippen LogP contribution in [0.25, 0.3) is 0 Å². The Balaban J connectivity index is 1.83. The van der Waals surface area contributed by atoms with Crippen LogP contribution in [0.2, 0.25) is 0 Å². The van der Waals surface area contributed by atoms with Gasteiger partial charge < -0.3 is 10.1 Å². The molecule has 2 rings (SSSR count). The number of carbonyl (C=O) groups excluding carboxylic acids is 3. The summed E-state index contributed by atoms with van der Waals surface area (Å²) in [5.41, 5.74) is 3.02. The summed E-state index contributed by atoms with van der Waals surface area (Å²) in [6.07, 6.45) is 1.71. The van der Waals surface area contributed by atoms with Crippen LogP contribution in [0.3, 0.4) is 0 Å². The number of aldehydes is 1. The molecule has 0 radical (unpaired) electrons. The average molecular weight is 367 g/mol. The predicted octanol–water partition coefficient (Wildman–Crippen LogP) is 3.73. The standard InChI is InChI=1S/C22H25NO4/c1-15(2)12-17-4-8-19(9-5-17)16(3)23-21(25)14-27-22(26)20-10-6-18(13-24)7-11-20/h4-11,13,15-16H,12,14H2,1-3H3,(H,23,25)/t16-/m0/s1. The first-order valence-electron chi connectivity index (χ1n) is 8.99. The van der Waals surface area contributed by atoms with Gasteiger partial charge in [0.25, 0.3) is 5.91 Å². The fraction of sp³-hybridized carbons (Fsp3) is 0.318. The van der Waals surface area contributed by atoms with Gasteiger partial charge in [-0.15, -0.1) is 0 Å². The second-order valence-corrected chi connectivity index (χ2v) is 6.94. The van der Waals surface area contributed by atoms with Gasteiger partial charge in [-0.2, -0.15) is 0 Å². The van der Waals surface area contributed by atoms with Gasteiger partial charge in [0.15, 0.2) is 6.61 Å². The summed E-state index contributed by atoms with van der Waals surface area (Å²) in [5.74, 6) is -0.378. The number of esters is 1. The smallest absolute Gasteiger partial charge is 0.338 e. The molecule has 0 spiro atoms. The SMILES string of the molecule is CC(C)Cc1ccc([C@H](C)NC(=O)COC(=O)c2ccc(C=O)cc2)cc1. The maximum Gasteiger partial charge on any atom is 0.338 e. The Kier molecular flexibility index (Phi) is 7.29. The van der Waals surface area contributed by atoms with Gasteiger partial charge in [0.05, 0.1) is 11.6 Å². The minimum Gasteiger partial charge on any atom is -0.452 e. The van der Waals surface area contributed by atoms with E-state index in [0.29, 0.717) is 23.3 Å². The fourth-order valence-electron chi connectivity index (χ4n) is 2.69. The van der Waals surface area contributed by atoms with E-state index in [1.54, 1.807) is 0 Å². The highest BCUT2D eigenvalue weighted by molar-refractivity contribution is 5.92. The molecule has 0 aliphatic carbocycles. The van der Waals surface area contributed by atoms with Crippen LogP contribution < -0.4 is 5.32 Å². The van der Waals surface area contributed by atoms with Crippen molar-refractivity contribution in [3.63, 3.8) is 0 Å². The molecular formula is C22H25NO4. The lowest BCUT2D eigenvalue weighted by Gasteiger charge is -2.15. The summed E-state index contributed by atoms with van der Waals surface area (Å²) in [7, 11) is 0. The molecule has 0 bridgehead atoms. The van der Waals surface area contributed by atoms with Crippen molar-refractivity contribution in [3.05, 3.63) is 70.8 Å². The van der Waals surface area contributed by atoms with Gasteiger partial charge in [-0.1, -0.05) is 50.2 Å². The van der Waals surface area contributed by atoms with Crippen LogP contribution in [-0.2, 0) is 16.0 Å². The lowest BCUT2D eigenvalue weighted by Crippen LogP contribution is -2.31. The first-order chi connectivity index (χ1) is 12.9. The number of hydrogen-bond acceptors (Lipinski definition) is 4. The monoisotopic (exact) mass is 367 g/mol. The maximum absolute atomic E-state index is 12.0. The van der Waals surface area contributed by atoms with E-state index in [-0.39, 0.29) is 18.6 Å².